The number of amides is 1. The Hall–Kier alpha value is -4.16. The van der Waals surface area contributed by atoms with Crippen molar-refractivity contribution in [2.75, 3.05) is 5.32 Å². The van der Waals surface area contributed by atoms with Gasteiger partial charge in [-0.15, -0.1) is 0 Å². The molecule has 0 radical (unpaired) electrons. The number of carbonyl (C=O) groups is 1. The van der Waals surface area contributed by atoms with Crippen molar-refractivity contribution >= 4 is 34.2 Å². The van der Waals surface area contributed by atoms with Gasteiger partial charge in [-0.05, 0) is 65.7 Å². The summed E-state index contributed by atoms with van der Waals surface area (Å²) in [6, 6.07) is 25.3. The third kappa shape index (κ3) is 4.92. The van der Waals surface area contributed by atoms with Crippen LogP contribution >= 0.6 is 11.6 Å². The molecule has 2 aromatic heterocycles. The molecule has 0 spiro atoms. The van der Waals surface area contributed by atoms with Gasteiger partial charge < -0.3 is 10.6 Å². The van der Waals surface area contributed by atoms with Crippen molar-refractivity contribution in [3.63, 3.8) is 0 Å². The number of nitrogens with one attached hydrogen (secondary N) is 2. The number of anilines is 1. The van der Waals surface area contributed by atoms with Crippen molar-refractivity contribution in [3.05, 3.63) is 119 Å². The fourth-order valence-electron chi connectivity index (χ4n) is 3.72. The number of aromatic nitrogens is 3. The molecule has 168 valence electrons. The molecule has 0 aliphatic carbocycles. The Balaban J connectivity index is 1.31. The molecule has 1 amide bonds. The highest BCUT2D eigenvalue weighted by atomic mass is 35.5. The summed E-state index contributed by atoms with van der Waals surface area (Å²) in [5, 5.41) is 7.10. The Kier molecular flexibility index (Phi) is 6.23. The maximum Gasteiger partial charge on any atom is 0.251 e. The first-order valence-electron chi connectivity index (χ1n) is 10.9. The molecular formula is C27H22ClN5O. The van der Waals surface area contributed by atoms with E-state index < -0.39 is 0 Å². The monoisotopic (exact) mass is 467 g/mol. The fourth-order valence-corrected chi connectivity index (χ4v) is 3.84. The van der Waals surface area contributed by atoms with Crippen molar-refractivity contribution in [1.29, 1.82) is 0 Å². The molecule has 0 saturated carbocycles. The highest BCUT2D eigenvalue weighted by molar-refractivity contribution is 6.30. The van der Waals surface area contributed by atoms with Gasteiger partial charge in [0.15, 0.2) is 0 Å². The zero-order chi connectivity index (χ0) is 23.3. The summed E-state index contributed by atoms with van der Waals surface area (Å²) < 4.78 is 2.01. The van der Waals surface area contributed by atoms with Gasteiger partial charge in [-0.3, -0.25) is 14.3 Å². The summed E-state index contributed by atoms with van der Waals surface area (Å²) in [6.45, 7) is 1.12. The van der Waals surface area contributed by atoms with Crippen molar-refractivity contribution in [2.24, 2.45) is 0 Å². The maximum atomic E-state index is 12.6. The lowest BCUT2D eigenvalue weighted by Gasteiger charge is -2.10. The summed E-state index contributed by atoms with van der Waals surface area (Å²) >= 11 is 5.97. The Morgan fingerprint density at radius 1 is 0.912 bits per heavy atom. The topological polar surface area (TPSA) is 71.8 Å². The lowest BCUT2D eigenvalue weighted by molar-refractivity contribution is 0.0951. The van der Waals surface area contributed by atoms with Crippen LogP contribution in [0.4, 0.5) is 5.69 Å². The molecule has 7 heteroatoms. The van der Waals surface area contributed by atoms with Gasteiger partial charge in [0.25, 0.3) is 5.91 Å². The number of halogens is 1. The predicted molar refractivity (Wildman–Crippen MR) is 135 cm³/mol. The second-order valence-electron chi connectivity index (χ2n) is 7.89. The Bertz CT molecular complexity index is 1430. The van der Waals surface area contributed by atoms with Gasteiger partial charge in [-0.1, -0.05) is 35.9 Å². The molecule has 3 aromatic carbocycles. The number of nitrogens with zero attached hydrogens (tertiary/aromatic N) is 3. The summed E-state index contributed by atoms with van der Waals surface area (Å²) in [6.07, 6.45) is 5.23. The summed E-state index contributed by atoms with van der Waals surface area (Å²) in [5.74, 6) is -0.145. The quantitative estimate of drug-likeness (QED) is 0.326. The van der Waals surface area contributed by atoms with Gasteiger partial charge >= 0.3 is 0 Å². The van der Waals surface area contributed by atoms with E-state index in [1.54, 1.807) is 18.7 Å². The van der Waals surface area contributed by atoms with Crippen molar-refractivity contribution in [2.45, 2.75) is 13.1 Å². The van der Waals surface area contributed by atoms with Crippen LogP contribution in [0.25, 0.3) is 16.7 Å². The Labute approximate surface area is 202 Å². The van der Waals surface area contributed by atoms with Gasteiger partial charge in [-0.25, -0.2) is 4.98 Å². The Morgan fingerprint density at radius 3 is 2.62 bits per heavy atom. The number of rotatable bonds is 7. The summed E-state index contributed by atoms with van der Waals surface area (Å²) in [5.41, 5.74) is 6.34. The zero-order valence-electron chi connectivity index (χ0n) is 18.3. The molecule has 0 bridgehead atoms. The molecule has 0 unspecified atom stereocenters. The van der Waals surface area contributed by atoms with E-state index in [-0.39, 0.29) is 5.91 Å². The smallest absolute Gasteiger partial charge is 0.251 e. The molecule has 0 fully saturated rings. The van der Waals surface area contributed by atoms with E-state index >= 15 is 0 Å². The SMILES string of the molecule is O=C(NCc1cccnc1)c1ccc2c(c1)ncn2-c1cccc(NCc2ccc(Cl)cc2)c1. The van der Waals surface area contributed by atoms with Gasteiger partial charge in [0, 0.05) is 47.4 Å². The van der Waals surface area contributed by atoms with E-state index in [2.05, 4.69) is 26.7 Å². The average Bonchev–Trinajstić information content (AvgIpc) is 3.31. The van der Waals surface area contributed by atoms with Crippen molar-refractivity contribution in [1.82, 2.24) is 19.9 Å². The van der Waals surface area contributed by atoms with Gasteiger partial charge in [0.2, 0.25) is 0 Å². The van der Waals surface area contributed by atoms with E-state index in [1.165, 1.54) is 0 Å². The minimum absolute atomic E-state index is 0.145. The van der Waals surface area contributed by atoms with E-state index in [4.69, 9.17) is 11.6 Å². The number of carbonyl (C=O) groups excluding carboxylic acids is 1. The van der Waals surface area contributed by atoms with E-state index in [1.807, 2.05) is 77.4 Å². The molecule has 0 aliphatic heterocycles. The van der Waals surface area contributed by atoms with E-state index in [0.29, 0.717) is 18.7 Å². The van der Waals surface area contributed by atoms with Gasteiger partial charge in [0.1, 0.15) is 6.33 Å². The van der Waals surface area contributed by atoms with Crippen LogP contribution in [0.3, 0.4) is 0 Å². The third-order valence-corrected chi connectivity index (χ3v) is 5.77. The van der Waals surface area contributed by atoms with Crippen LogP contribution in [0.2, 0.25) is 5.02 Å². The molecule has 5 rings (SSSR count). The van der Waals surface area contributed by atoms with Crippen LogP contribution in [-0.2, 0) is 13.1 Å². The first-order valence-corrected chi connectivity index (χ1v) is 11.3. The van der Waals surface area contributed by atoms with Gasteiger partial charge in [0.05, 0.1) is 11.0 Å². The summed E-state index contributed by atoms with van der Waals surface area (Å²) in [4.78, 5) is 21.2. The van der Waals surface area contributed by atoms with Crippen LogP contribution in [0.1, 0.15) is 21.5 Å². The first kappa shape index (κ1) is 21.7. The molecule has 34 heavy (non-hydrogen) atoms. The largest absolute Gasteiger partial charge is 0.381 e. The first-order chi connectivity index (χ1) is 16.7. The van der Waals surface area contributed by atoms with Crippen molar-refractivity contribution in [3.8, 4) is 5.69 Å². The zero-order valence-corrected chi connectivity index (χ0v) is 19.0. The fraction of sp³-hybridized carbons (Fsp3) is 0.0741. The number of pyridine rings is 1. The predicted octanol–water partition coefficient (Wildman–Crippen LogP) is 5.62. The van der Waals surface area contributed by atoms with Crippen LogP contribution in [0.15, 0.2) is 97.6 Å². The molecule has 0 atom stereocenters. The number of hydrogen-bond acceptors (Lipinski definition) is 4. The highest BCUT2D eigenvalue weighted by Gasteiger charge is 2.11. The van der Waals surface area contributed by atoms with E-state index in [9.17, 15) is 4.79 Å². The highest BCUT2D eigenvalue weighted by Crippen LogP contribution is 2.22. The molecular weight excluding hydrogens is 446 g/mol. The third-order valence-electron chi connectivity index (χ3n) is 5.52. The van der Waals surface area contributed by atoms with Crippen LogP contribution in [-0.4, -0.2) is 20.4 Å². The number of hydrogen-bond donors (Lipinski definition) is 2. The van der Waals surface area contributed by atoms with E-state index in [0.717, 1.165) is 38.6 Å². The number of imidazole rings is 1. The minimum atomic E-state index is -0.145. The van der Waals surface area contributed by atoms with Crippen LogP contribution in [0, 0.1) is 0 Å². The standard InChI is InChI=1S/C27H22ClN5O/c28-22-9-6-19(7-10-22)16-30-23-4-1-5-24(14-23)33-18-32-25-13-21(8-11-26(25)33)27(34)31-17-20-3-2-12-29-15-20/h1-15,18,30H,16-17H2,(H,31,34). The molecule has 0 saturated heterocycles. The van der Waals surface area contributed by atoms with Crippen LogP contribution < -0.4 is 10.6 Å². The normalized spacial score (nSPS) is 10.9. The van der Waals surface area contributed by atoms with Gasteiger partial charge in [-0.2, -0.15) is 0 Å². The molecule has 2 N–H and O–H groups in total. The molecule has 5 aromatic rings. The number of fused-ring (bicyclic) bond motifs is 1. The lowest BCUT2D eigenvalue weighted by atomic mass is 10.1. The molecule has 6 nitrogen and oxygen atoms in total. The Morgan fingerprint density at radius 2 is 1.79 bits per heavy atom. The second-order valence-corrected chi connectivity index (χ2v) is 8.33. The molecule has 0 aliphatic rings. The summed E-state index contributed by atoms with van der Waals surface area (Å²) in [7, 11) is 0. The molecule has 2 heterocycles. The van der Waals surface area contributed by atoms with Crippen LogP contribution in [0.5, 0.6) is 0 Å². The van der Waals surface area contributed by atoms with Crippen molar-refractivity contribution < 1.29 is 4.79 Å². The maximum absolute atomic E-state index is 12.6. The number of benzene rings is 3. The lowest BCUT2D eigenvalue weighted by Crippen LogP contribution is -2.22. The second kappa shape index (κ2) is 9.77. The average molecular weight is 468 g/mol. The minimum Gasteiger partial charge on any atom is -0.381 e.